The van der Waals surface area contributed by atoms with Gasteiger partial charge in [0.2, 0.25) is 5.95 Å². The maximum Gasteiger partial charge on any atom is 0.416 e. The summed E-state index contributed by atoms with van der Waals surface area (Å²) >= 11 is 0. The number of piperazine rings is 1. The molecule has 8 nitrogen and oxygen atoms in total. The van der Waals surface area contributed by atoms with Crippen LogP contribution in [0.25, 0.3) is 0 Å². The Morgan fingerprint density at radius 3 is 2.25 bits per heavy atom. The molecule has 1 aliphatic rings. The predicted octanol–water partition coefficient (Wildman–Crippen LogP) is 4.08. The number of alkyl halides is 3. The molecule has 1 saturated heterocycles. The van der Waals surface area contributed by atoms with E-state index in [0.29, 0.717) is 43.9 Å². The van der Waals surface area contributed by atoms with Gasteiger partial charge in [0.15, 0.2) is 0 Å². The maximum atomic E-state index is 14.9. The van der Waals surface area contributed by atoms with E-state index in [0.717, 1.165) is 27.3 Å². The molecule has 0 amide bonds. The van der Waals surface area contributed by atoms with Gasteiger partial charge >= 0.3 is 11.9 Å². The first-order valence-electron chi connectivity index (χ1n) is 14.0. The van der Waals surface area contributed by atoms with Crippen LogP contribution in [0.3, 0.4) is 0 Å². The van der Waals surface area contributed by atoms with E-state index in [2.05, 4.69) is 4.98 Å². The number of hydrogen-bond acceptors (Lipinski definition) is 6. The third-order valence-electron chi connectivity index (χ3n) is 7.92. The quantitative estimate of drug-likeness (QED) is 0.238. The summed E-state index contributed by atoms with van der Waals surface area (Å²) in [5, 5.41) is 0. The fourth-order valence-corrected chi connectivity index (χ4v) is 5.55. The third kappa shape index (κ3) is 6.43. The summed E-state index contributed by atoms with van der Waals surface area (Å²) in [6.45, 7) is 2.26. The number of pyridine rings is 1. The Kier molecular flexibility index (Phi) is 8.97. The van der Waals surface area contributed by atoms with Gasteiger partial charge in [-0.1, -0.05) is 42.5 Å². The third-order valence-corrected chi connectivity index (χ3v) is 7.92. The Morgan fingerprint density at radius 2 is 1.59 bits per heavy atom. The Balaban J connectivity index is 1.54. The topological polar surface area (TPSA) is 89.4 Å². The van der Waals surface area contributed by atoms with E-state index >= 15 is 0 Å². The van der Waals surface area contributed by atoms with Crippen molar-refractivity contribution < 1.29 is 22.0 Å². The number of aromatic nitrogens is 3. The van der Waals surface area contributed by atoms with Gasteiger partial charge in [-0.15, -0.1) is 0 Å². The maximum absolute atomic E-state index is 14.9. The van der Waals surface area contributed by atoms with Gasteiger partial charge in [-0.2, -0.15) is 17.6 Å². The Bertz CT molecular complexity index is 1750. The molecule has 0 bridgehead atoms. The molecule has 4 aromatic rings. The highest BCUT2D eigenvalue weighted by molar-refractivity contribution is 5.50. The number of halogens is 5. The van der Waals surface area contributed by atoms with Crippen LogP contribution in [0.2, 0.25) is 0 Å². The van der Waals surface area contributed by atoms with Crippen LogP contribution in [0.5, 0.6) is 0 Å². The van der Waals surface area contributed by atoms with E-state index in [4.69, 9.17) is 5.73 Å². The minimum atomic E-state index is -4.87. The van der Waals surface area contributed by atoms with E-state index < -0.39 is 52.9 Å². The predicted molar refractivity (Wildman–Crippen MR) is 155 cm³/mol. The SMILES string of the molecule is Cc1c(N2CCN(Cc3cccnc3F)CC2)c(=O)n(C[C@H](N)c2ccccc2)c(=O)n1Cc1c(F)cccc1C(F)(F)F. The largest absolute Gasteiger partial charge is 0.416 e. The average molecular weight is 615 g/mol. The molecule has 1 fully saturated rings. The molecular weight excluding hydrogens is 583 g/mol. The van der Waals surface area contributed by atoms with Crippen molar-refractivity contribution in [3.8, 4) is 0 Å². The zero-order valence-electron chi connectivity index (χ0n) is 23.9. The van der Waals surface area contributed by atoms with Crippen LogP contribution in [-0.2, 0) is 25.8 Å². The Morgan fingerprint density at radius 1 is 0.886 bits per heavy atom. The zero-order valence-corrected chi connectivity index (χ0v) is 23.9. The lowest BCUT2D eigenvalue weighted by Crippen LogP contribution is -2.51. The molecule has 1 atom stereocenters. The molecule has 1 aliphatic heterocycles. The van der Waals surface area contributed by atoms with Crippen molar-refractivity contribution in [2.45, 2.75) is 38.8 Å². The van der Waals surface area contributed by atoms with Gasteiger partial charge in [0.25, 0.3) is 5.56 Å². The summed E-state index contributed by atoms with van der Waals surface area (Å²) in [5.41, 5.74) is 4.20. The van der Waals surface area contributed by atoms with Gasteiger partial charge in [-0.3, -0.25) is 18.8 Å². The summed E-state index contributed by atoms with van der Waals surface area (Å²) < 4.78 is 72.5. The van der Waals surface area contributed by atoms with Crippen LogP contribution in [0.15, 0.2) is 76.4 Å². The lowest BCUT2D eigenvalue weighted by molar-refractivity contribution is -0.138. The molecule has 44 heavy (non-hydrogen) atoms. The summed E-state index contributed by atoms with van der Waals surface area (Å²) in [5.74, 6) is -1.69. The standard InChI is InChI=1S/C31H31F5N6O2/c1-20-27(40-15-13-39(14-16-40)17-22-9-6-12-38-28(22)33)29(43)42(19-26(37)21-7-3-2-4-8-21)30(44)41(20)18-23-24(31(34,35)36)10-5-11-25(23)32/h2-12,26H,13-19,37H2,1H3/t26-/m0/s1. The molecule has 13 heteroatoms. The molecule has 2 aromatic heterocycles. The molecule has 5 rings (SSSR count). The number of benzene rings is 2. The van der Waals surface area contributed by atoms with Crippen LogP contribution in [0.4, 0.5) is 27.6 Å². The Labute approximate surface area is 249 Å². The molecule has 0 radical (unpaired) electrons. The summed E-state index contributed by atoms with van der Waals surface area (Å²) in [6.07, 6.45) is -3.51. The average Bonchev–Trinajstić information content (AvgIpc) is 3.00. The van der Waals surface area contributed by atoms with E-state index in [-0.39, 0.29) is 17.9 Å². The molecule has 0 unspecified atom stereocenters. The number of rotatable bonds is 8. The van der Waals surface area contributed by atoms with Gasteiger partial charge < -0.3 is 10.6 Å². The fraction of sp³-hybridized carbons (Fsp3) is 0.323. The van der Waals surface area contributed by atoms with Crippen LogP contribution in [0, 0.1) is 18.7 Å². The van der Waals surface area contributed by atoms with Crippen molar-refractivity contribution in [2.75, 3.05) is 31.1 Å². The van der Waals surface area contributed by atoms with E-state index in [1.54, 1.807) is 47.4 Å². The minimum Gasteiger partial charge on any atom is -0.363 e. The van der Waals surface area contributed by atoms with Crippen LogP contribution >= 0.6 is 0 Å². The second kappa shape index (κ2) is 12.7. The molecule has 232 valence electrons. The summed E-state index contributed by atoms with van der Waals surface area (Å²) in [4.78, 5) is 35.1. The van der Waals surface area contributed by atoms with Crippen LogP contribution in [-0.4, -0.2) is 45.2 Å². The number of anilines is 1. The number of hydrogen-bond donors (Lipinski definition) is 1. The minimum absolute atomic E-state index is 0.104. The summed E-state index contributed by atoms with van der Waals surface area (Å²) in [7, 11) is 0. The van der Waals surface area contributed by atoms with Crippen LogP contribution < -0.4 is 21.9 Å². The molecule has 0 spiro atoms. The zero-order chi connectivity index (χ0) is 31.6. The van der Waals surface area contributed by atoms with Gasteiger partial charge in [-0.25, -0.2) is 14.2 Å². The van der Waals surface area contributed by atoms with E-state index in [1.165, 1.54) is 13.1 Å². The Hall–Kier alpha value is -4.36. The summed E-state index contributed by atoms with van der Waals surface area (Å²) in [6, 6.07) is 13.9. The van der Waals surface area contributed by atoms with Gasteiger partial charge in [0.1, 0.15) is 11.5 Å². The van der Waals surface area contributed by atoms with Crippen molar-refractivity contribution in [1.29, 1.82) is 0 Å². The highest BCUT2D eigenvalue weighted by Gasteiger charge is 2.35. The molecule has 2 N–H and O–H groups in total. The second-order valence-electron chi connectivity index (χ2n) is 10.7. The van der Waals surface area contributed by atoms with Gasteiger partial charge in [0, 0.05) is 61.8 Å². The first-order chi connectivity index (χ1) is 21.0. The first-order valence-corrected chi connectivity index (χ1v) is 14.0. The van der Waals surface area contributed by atoms with Crippen molar-refractivity contribution in [2.24, 2.45) is 5.73 Å². The van der Waals surface area contributed by atoms with E-state index in [9.17, 15) is 31.5 Å². The molecule has 0 saturated carbocycles. The van der Waals surface area contributed by atoms with Gasteiger partial charge in [-0.05, 0) is 30.7 Å². The van der Waals surface area contributed by atoms with Crippen molar-refractivity contribution in [3.63, 3.8) is 0 Å². The van der Waals surface area contributed by atoms with E-state index in [1.807, 2.05) is 4.90 Å². The number of nitrogens with zero attached hydrogens (tertiary/aromatic N) is 5. The normalized spacial score (nSPS) is 15.0. The molecule has 2 aromatic carbocycles. The monoisotopic (exact) mass is 614 g/mol. The lowest BCUT2D eigenvalue weighted by Gasteiger charge is -2.37. The second-order valence-corrected chi connectivity index (χ2v) is 10.7. The lowest BCUT2D eigenvalue weighted by atomic mass is 10.1. The first kappa shape index (κ1) is 31.1. The molecule has 0 aliphatic carbocycles. The molecular formula is C31H31F5N6O2. The molecule has 3 heterocycles. The van der Waals surface area contributed by atoms with Crippen molar-refractivity contribution >= 4 is 5.69 Å². The smallest absolute Gasteiger partial charge is 0.363 e. The van der Waals surface area contributed by atoms with Crippen molar-refractivity contribution in [1.82, 2.24) is 19.0 Å². The fourth-order valence-electron chi connectivity index (χ4n) is 5.55. The van der Waals surface area contributed by atoms with Crippen LogP contribution in [0.1, 0.15) is 34.0 Å². The van der Waals surface area contributed by atoms with Crippen molar-refractivity contribution in [3.05, 3.63) is 127 Å². The van der Waals surface area contributed by atoms with Gasteiger partial charge in [0.05, 0.1) is 18.7 Å². The number of nitrogens with two attached hydrogens (primary N) is 1. The highest BCUT2D eigenvalue weighted by atomic mass is 19.4. The highest BCUT2D eigenvalue weighted by Crippen LogP contribution is 2.33.